The van der Waals surface area contributed by atoms with Gasteiger partial charge in [-0.1, -0.05) is 44.2 Å². The number of amides is 2. The smallest absolute Gasteiger partial charge is 0.230 e. The highest BCUT2D eigenvalue weighted by Crippen LogP contribution is 2.35. The van der Waals surface area contributed by atoms with Gasteiger partial charge in [-0.15, -0.1) is 0 Å². The third-order valence-corrected chi connectivity index (χ3v) is 6.28. The number of halogens is 1. The van der Waals surface area contributed by atoms with E-state index >= 15 is 0 Å². The molecule has 0 bridgehead atoms. The van der Waals surface area contributed by atoms with Crippen LogP contribution in [-0.4, -0.2) is 28.9 Å². The van der Waals surface area contributed by atoms with Crippen molar-refractivity contribution >= 4 is 34.1 Å². The quantitative estimate of drug-likeness (QED) is 0.201. The number of rotatable bonds is 12. The zero-order chi connectivity index (χ0) is 28.5. The first kappa shape index (κ1) is 28.5. The molecule has 0 radical (unpaired) electrons. The van der Waals surface area contributed by atoms with Crippen molar-refractivity contribution < 1.29 is 23.5 Å². The minimum absolute atomic E-state index is 0.0691. The normalized spacial score (nSPS) is 10.9. The Kier molecular flexibility index (Phi) is 9.62. The lowest BCUT2D eigenvalue weighted by Crippen LogP contribution is -2.13. The molecular weight excluding hydrogens is 511 g/mol. The summed E-state index contributed by atoms with van der Waals surface area (Å²) in [6.45, 7) is 4.11. The molecule has 40 heavy (non-hydrogen) atoms. The Labute approximate surface area is 232 Å². The van der Waals surface area contributed by atoms with Gasteiger partial charge in [0, 0.05) is 30.7 Å². The van der Waals surface area contributed by atoms with Gasteiger partial charge in [-0.25, -0.2) is 14.4 Å². The maximum Gasteiger partial charge on any atom is 0.230 e. The molecule has 208 valence electrons. The number of fused-ring (bicyclic) bond motifs is 1. The van der Waals surface area contributed by atoms with E-state index in [1.165, 1.54) is 31.1 Å². The molecule has 1 heterocycles. The second-order valence-electron chi connectivity index (χ2n) is 9.86. The maximum absolute atomic E-state index is 15.0. The highest BCUT2D eigenvalue weighted by atomic mass is 19.1. The summed E-state index contributed by atoms with van der Waals surface area (Å²) in [5.41, 5.74) is 2.44. The molecular formula is C31H33FN4O4. The predicted octanol–water partition coefficient (Wildman–Crippen LogP) is 6.91. The molecule has 4 aromatic rings. The number of carbonyl (C=O) groups excluding carboxylic acids is 2. The topological polar surface area (TPSA) is 102 Å². The Bertz CT molecular complexity index is 1480. The fourth-order valence-corrected chi connectivity index (χ4v) is 4.13. The summed E-state index contributed by atoms with van der Waals surface area (Å²) < 4.78 is 26.2. The molecule has 2 amide bonds. The molecule has 0 aliphatic carbocycles. The van der Waals surface area contributed by atoms with E-state index in [2.05, 4.69) is 34.4 Å². The van der Waals surface area contributed by atoms with Crippen LogP contribution in [0.3, 0.4) is 0 Å². The number of methoxy groups -OCH3 is 1. The van der Waals surface area contributed by atoms with Crippen LogP contribution < -0.4 is 20.1 Å². The van der Waals surface area contributed by atoms with E-state index < -0.39 is 5.82 Å². The van der Waals surface area contributed by atoms with Crippen LogP contribution in [0, 0.1) is 11.7 Å². The average Bonchev–Trinajstić information content (AvgIpc) is 2.94. The first-order valence-corrected chi connectivity index (χ1v) is 13.3. The van der Waals surface area contributed by atoms with E-state index in [9.17, 15) is 14.0 Å². The molecule has 0 spiro atoms. The minimum atomic E-state index is -0.662. The van der Waals surface area contributed by atoms with E-state index in [-0.39, 0.29) is 23.4 Å². The molecule has 9 heteroatoms. The van der Waals surface area contributed by atoms with Crippen LogP contribution >= 0.6 is 0 Å². The summed E-state index contributed by atoms with van der Waals surface area (Å²) in [6, 6.07) is 17.5. The SMILES string of the molecule is COc1cc2ncnc(Oc3ccc(NC(=O)CCCc4ccccc4)cc3F)c2cc1NC(=O)CCC(C)C. The first-order chi connectivity index (χ1) is 19.3. The highest BCUT2D eigenvalue weighted by molar-refractivity contribution is 5.97. The Morgan fingerprint density at radius 2 is 1.70 bits per heavy atom. The van der Waals surface area contributed by atoms with Gasteiger partial charge in [0.2, 0.25) is 17.7 Å². The molecule has 8 nitrogen and oxygen atoms in total. The van der Waals surface area contributed by atoms with E-state index in [0.29, 0.717) is 53.2 Å². The zero-order valence-corrected chi connectivity index (χ0v) is 22.9. The lowest BCUT2D eigenvalue weighted by atomic mass is 10.1. The van der Waals surface area contributed by atoms with Crippen LogP contribution in [0.4, 0.5) is 15.8 Å². The predicted molar refractivity (Wildman–Crippen MR) is 153 cm³/mol. The third-order valence-electron chi connectivity index (χ3n) is 6.28. The van der Waals surface area contributed by atoms with Crippen LogP contribution in [0.15, 0.2) is 67.0 Å². The molecule has 2 N–H and O–H groups in total. The Morgan fingerprint density at radius 1 is 0.925 bits per heavy atom. The number of ether oxygens (including phenoxy) is 2. The van der Waals surface area contributed by atoms with Crippen molar-refractivity contribution in [2.45, 2.75) is 46.0 Å². The lowest BCUT2D eigenvalue weighted by molar-refractivity contribution is -0.117. The van der Waals surface area contributed by atoms with Crippen molar-refractivity contribution in [3.8, 4) is 17.4 Å². The van der Waals surface area contributed by atoms with Crippen LogP contribution in [-0.2, 0) is 16.0 Å². The van der Waals surface area contributed by atoms with Gasteiger partial charge >= 0.3 is 0 Å². The second kappa shape index (κ2) is 13.5. The van der Waals surface area contributed by atoms with Crippen molar-refractivity contribution in [2.24, 2.45) is 5.92 Å². The third kappa shape index (κ3) is 7.75. The van der Waals surface area contributed by atoms with Gasteiger partial charge in [0.25, 0.3) is 0 Å². The lowest BCUT2D eigenvalue weighted by Gasteiger charge is -2.14. The van der Waals surface area contributed by atoms with Gasteiger partial charge in [0.15, 0.2) is 11.6 Å². The Hall–Kier alpha value is -4.53. The van der Waals surface area contributed by atoms with Crippen LogP contribution in [0.5, 0.6) is 17.4 Å². The number of aromatic nitrogens is 2. The number of hydrogen-bond donors (Lipinski definition) is 2. The number of carbonyl (C=O) groups is 2. The van der Waals surface area contributed by atoms with Gasteiger partial charge in [-0.05, 0) is 48.9 Å². The molecule has 0 atom stereocenters. The van der Waals surface area contributed by atoms with Gasteiger partial charge < -0.3 is 20.1 Å². The summed E-state index contributed by atoms with van der Waals surface area (Å²) in [5, 5.41) is 6.07. The van der Waals surface area contributed by atoms with Gasteiger partial charge in [-0.2, -0.15) is 0 Å². The van der Waals surface area contributed by atoms with Crippen LogP contribution in [0.2, 0.25) is 0 Å². The van der Waals surface area contributed by atoms with Crippen molar-refractivity contribution in [3.63, 3.8) is 0 Å². The zero-order valence-electron chi connectivity index (χ0n) is 22.9. The fourth-order valence-electron chi connectivity index (χ4n) is 4.13. The van der Waals surface area contributed by atoms with E-state index in [4.69, 9.17) is 9.47 Å². The summed E-state index contributed by atoms with van der Waals surface area (Å²) in [7, 11) is 1.50. The van der Waals surface area contributed by atoms with E-state index in [0.717, 1.165) is 12.8 Å². The summed E-state index contributed by atoms with van der Waals surface area (Å²) in [4.78, 5) is 33.3. The van der Waals surface area contributed by atoms with Crippen molar-refractivity contribution in [3.05, 3.63) is 78.4 Å². The number of anilines is 2. The molecule has 1 aromatic heterocycles. The molecule has 0 aliphatic rings. The van der Waals surface area contributed by atoms with Gasteiger partial charge in [0.1, 0.15) is 12.1 Å². The van der Waals surface area contributed by atoms with Crippen LogP contribution in [0.1, 0.15) is 45.1 Å². The fraction of sp³-hybridized carbons (Fsp3) is 0.290. The summed E-state index contributed by atoms with van der Waals surface area (Å²) >= 11 is 0. The number of benzene rings is 3. The molecule has 3 aromatic carbocycles. The Balaban J connectivity index is 1.45. The largest absolute Gasteiger partial charge is 0.494 e. The number of nitrogens with zero attached hydrogens (tertiary/aromatic N) is 2. The minimum Gasteiger partial charge on any atom is -0.494 e. The first-order valence-electron chi connectivity index (χ1n) is 13.3. The van der Waals surface area contributed by atoms with Crippen molar-refractivity contribution in [2.75, 3.05) is 17.7 Å². The maximum atomic E-state index is 15.0. The molecule has 0 unspecified atom stereocenters. The van der Waals surface area contributed by atoms with Gasteiger partial charge in [-0.3, -0.25) is 9.59 Å². The molecule has 0 aliphatic heterocycles. The van der Waals surface area contributed by atoms with Gasteiger partial charge in [0.05, 0.1) is 23.7 Å². The number of hydrogen-bond acceptors (Lipinski definition) is 6. The average molecular weight is 545 g/mol. The second-order valence-corrected chi connectivity index (χ2v) is 9.86. The van der Waals surface area contributed by atoms with Crippen molar-refractivity contribution in [1.29, 1.82) is 0 Å². The highest BCUT2D eigenvalue weighted by Gasteiger charge is 2.16. The standard InChI is InChI=1S/C31H33FN4O4/c1-20(2)12-15-30(38)36-26-17-23-25(18-28(26)39-3)33-19-34-31(23)40-27-14-13-22(16-24(27)32)35-29(37)11-7-10-21-8-5-4-6-9-21/h4-6,8-9,13-14,16-20H,7,10-12,15H2,1-3H3,(H,35,37)(H,36,38). The molecule has 0 saturated heterocycles. The molecule has 0 saturated carbocycles. The monoisotopic (exact) mass is 544 g/mol. The van der Waals surface area contributed by atoms with E-state index in [1.807, 2.05) is 30.3 Å². The number of nitrogens with one attached hydrogen (secondary N) is 2. The molecule has 0 fully saturated rings. The summed E-state index contributed by atoms with van der Waals surface area (Å²) in [6.07, 6.45) is 4.22. The number of aryl methyl sites for hydroxylation is 1. The van der Waals surface area contributed by atoms with Crippen LogP contribution in [0.25, 0.3) is 10.9 Å². The van der Waals surface area contributed by atoms with E-state index in [1.54, 1.807) is 18.2 Å². The summed E-state index contributed by atoms with van der Waals surface area (Å²) in [5.74, 6) is -0.124. The molecule has 4 rings (SSSR count). The van der Waals surface area contributed by atoms with Crippen molar-refractivity contribution in [1.82, 2.24) is 9.97 Å². The Morgan fingerprint density at radius 3 is 2.42 bits per heavy atom.